The minimum atomic E-state index is -4.60. The number of aryl methyl sites for hydroxylation is 1. The van der Waals surface area contributed by atoms with Gasteiger partial charge in [-0.15, -0.1) is 11.6 Å². The van der Waals surface area contributed by atoms with Crippen molar-refractivity contribution in [1.82, 2.24) is 9.97 Å². The molecule has 1 aromatic heterocycles. The fraction of sp³-hybridized carbons (Fsp3) is 0.429. The molecule has 0 aliphatic carbocycles. The van der Waals surface area contributed by atoms with Crippen LogP contribution < -0.4 is 4.18 Å². The Labute approximate surface area is 109 Å². The number of nitrogens with zero attached hydrogens (tertiary/aromatic N) is 2. The van der Waals surface area contributed by atoms with Gasteiger partial charge in [-0.2, -0.15) is 21.8 Å². The number of hydrogen-bond donors (Lipinski definition) is 1. The van der Waals surface area contributed by atoms with Crippen molar-refractivity contribution >= 4 is 31.8 Å². The Kier molecular flexibility index (Phi) is 4.48. The monoisotopic (exact) mass is 316 g/mol. The third-order valence-corrected chi connectivity index (χ3v) is 4.09. The molecule has 0 aliphatic rings. The van der Waals surface area contributed by atoms with Gasteiger partial charge in [-0.25, -0.2) is 0 Å². The third-order valence-electron chi connectivity index (χ3n) is 1.67. The summed E-state index contributed by atoms with van der Waals surface area (Å²) in [5, 5.41) is -0.763. The van der Waals surface area contributed by atoms with Gasteiger partial charge in [0.1, 0.15) is 0 Å². The number of alkyl halides is 1. The Morgan fingerprint density at radius 1 is 1.39 bits per heavy atom. The maximum atomic E-state index is 11.3. The summed E-state index contributed by atoms with van der Waals surface area (Å²) in [6, 6.07) is 0. The lowest BCUT2D eigenvalue weighted by atomic mass is 10.5. The third kappa shape index (κ3) is 4.05. The standard InChI is InChI=1S/C7H9ClN2O6S2/c1-5-7(18(13,14)15)10-6(4-9-5)16-17(11,12)3-2-8/h4H,2-3H2,1H3,(H,13,14,15). The molecule has 0 saturated carbocycles. The smallest absolute Gasteiger partial charge is 0.314 e. The van der Waals surface area contributed by atoms with Gasteiger partial charge in [-0.1, -0.05) is 0 Å². The van der Waals surface area contributed by atoms with Crippen molar-refractivity contribution in [3.05, 3.63) is 11.9 Å². The zero-order valence-corrected chi connectivity index (χ0v) is 11.5. The molecule has 0 spiro atoms. The van der Waals surface area contributed by atoms with E-state index < -0.39 is 36.9 Å². The van der Waals surface area contributed by atoms with E-state index in [-0.39, 0.29) is 11.6 Å². The fourth-order valence-corrected chi connectivity index (χ4v) is 2.78. The Hall–Kier alpha value is -0.970. The van der Waals surface area contributed by atoms with Gasteiger partial charge in [-0.3, -0.25) is 9.54 Å². The van der Waals surface area contributed by atoms with Crippen LogP contribution in [-0.4, -0.2) is 43.0 Å². The van der Waals surface area contributed by atoms with Crippen molar-refractivity contribution in [2.24, 2.45) is 0 Å². The minimum absolute atomic E-state index is 0.0837. The summed E-state index contributed by atoms with van der Waals surface area (Å²) in [5.74, 6) is -1.21. The molecule has 0 radical (unpaired) electrons. The second-order valence-corrected chi connectivity index (χ2v) is 6.51. The van der Waals surface area contributed by atoms with E-state index in [2.05, 4.69) is 14.2 Å². The van der Waals surface area contributed by atoms with Gasteiger partial charge in [0.15, 0.2) is 0 Å². The van der Waals surface area contributed by atoms with Crippen LogP contribution in [0.25, 0.3) is 0 Å². The second-order valence-electron chi connectivity index (χ2n) is 3.11. The average Bonchev–Trinajstić information content (AvgIpc) is 2.18. The van der Waals surface area contributed by atoms with Crippen molar-refractivity contribution in [2.45, 2.75) is 11.9 Å². The lowest BCUT2D eigenvalue weighted by Gasteiger charge is -2.06. The highest BCUT2D eigenvalue weighted by Crippen LogP contribution is 2.15. The first-order chi connectivity index (χ1) is 8.15. The molecule has 0 amide bonds. The Morgan fingerprint density at radius 3 is 2.50 bits per heavy atom. The molecule has 1 rings (SSSR count). The molecule has 0 saturated heterocycles. The molecule has 0 aromatic carbocycles. The normalized spacial score (nSPS) is 12.4. The molecule has 102 valence electrons. The van der Waals surface area contributed by atoms with Gasteiger partial charge in [0.2, 0.25) is 5.03 Å². The molecule has 0 bridgehead atoms. The van der Waals surface area contributed by atoms with Gasteiger partial charge in [0.25, 0.3) is 5.88 Å². The Morgan fingerprint density at radius 2 is 2.00 bits per heavy atom. The van der Waals surface area contributed by atoms with E-state index in [9.17, 15) is 16.8 Å². The summed E-state index contributed by atoms with van der Waals surface area (Å²) in [5.41, 5.74) is -0.0837. The molecule has 0 aliphatic heterocycles. The van der Waals surface area contributed by atoms with Gasteiger partial charge in [0, 0.05) is 5.88 Å². The predicted octanol–water partition coefficient (Wildman–Crippen LogP) is -0.0209. The first kappa shape index (κ1) is 15.1. The van der Waals surface area contributed by atoms with Crippen molar-refractivity contribution in [1.29, 1.82) is 0 Å². The Bertz CT molecular complexity index is 642. The van der Waals surface area contributed by atoms with E-state index >= 15 is 0 Å². The molecular formula is C7H9ClN2O6S2. The predicted molar refractivity (Wildman–Crippen MR) is 61.7 cm³/mol. The molecule has 0 atom stereocenters. The molecule has 1 heterocycles. The number of rotatable bonds is 5. The van der Waals surface area contributed by atoms with Crippen molar-refractivity contribution in [3.63, 3.8) is 0 Å². The topological polar surface area (TPSA) is 124 Å². The van der Waals surface area contributed by atoms with Crippen molar-refractivity contribution in [3.8, 4) is 5.88 Å². The number of hydrogen-bond acceptors (Lipinski definition) is 7. The summed E-state index contributed by atoms with van der Waals surface area (Å²) in [6.07, 6.45) is 0.926. The quantitative estimate of drug-likeness (QED) is 0.456. The molecule has 0 unspecified atom stereocenters. The van der Waals surface area contributed by atoms with Gasteiger partial charge < -0.3 is 4.18 Å². The van der Waals surface area contributed by atoms with Crippen LogP contribution in [0.15, 0.2) is 11.2 Å². The summed E-state index contributed by atoms with van der Waals surface area (Å²) < 4.78 is 57.7. The average molecular weight is 317 g/mol. The van der Waals surface area contributed by atoms with E-state index in [1.54, 1.807) is 0 Å². The van der Waals surface area contributed by atoms with Crippen LogP contribution >= 0.6 is 11.6 Å². The fourth-order valence-electron chi connectivity index (χ4n) is 0.968. The highest BCUT2D eigenvalue weighted by atomic mass is 35.5. The lowest BCUT2D eigenvalue weighted by molar-refractivity contribution is 0.458. The number of aromatic nitrogens is 2. The maximum absolute atomic E-state index is 11.3. The molecule has 8 nitrogen and oxygen atoms in total. The number of halogens is 1. The van der Waals surface area contributed by atoms with Gasteiger partial charge in [0.05, 0.1) is 17.6 Å². The van der Waals surface area contributed by atoms with Crippen LogP contribution in [0.1, 0.15) is 5.69 Å². The second kappa shape index (κ2) is 5.34. The van der Waals surface area contributed by atoms with Crippen LogP contribution in [-0.2, 0) is 20.2 Å². The first-order valence-electron chi connectivity index (χ1n) is 4.45. The highest BCUT2D eigenvalue weighted by molar-refractivity contribution is 7.87. The van der Waals surface area contributed by atoms with E-state index in [0.29, 0.717) is 0 Å². The SMILES string of the molecule is Cc1ncc(OS(=O)(=O)CCCl)nc1S(=O)(=O)O. The summed E-state index contributed by atoms with van der Waals surface area (Å²) in [6.45, 7) is 1.28. The van der Waals surface area contributed by atoms with Crippen LogP contribution in [0.4, 0.5) is 0 Å². The van der Waals surface area contributed by atoms with E-state index in [1.807, 2.05) is 0 Å². The van der Waals surface area contributed by atoms with E-state index in [1.165, 1.54) is 6.92 Å². The van der Waals surface area contributed by atoms with Gasteiger partial charge >= 0.3 is 20.2 Å². The van der Waals surface area contributed by atoms with E-state index in [0.717, 1.165) is 6.20 Å². The van der Waals surface area contributed by atoms with Gasteiger partial charge in [-0.05, 0) is 6.92 Å². The zero-order valence-electron chi connectivity index (χ0n) is 9.07. The summed E-state index contributed by atoms with van der Waals surface area (Å²) >= 11 is 5.25. The van der Waals surface area contributed by atoms with E-state index in [4.69, 9.17) is 16.2 Å². The van der Waals surface area contributed by atoms with Crippen LogP contribution in [0.5, 0.6) is 5.88 Å². The minimum Gasteiger partial charge on any atom is -0.360 e. The molecule has 18 heavy (non-hydrogen) atoms. The first-order valence-corrected chi connectivity index (χ1v) is 8.00. The molecule has 0 fully saturated rings. The molecule has 1 N–H and O–H groups in total. The summed E-state index contributed by atoms with van der Waals surface area (Å²) in [4.78, 5) is 6.93. The molecule has 1 aromatic rings. The van der Waals surface area contributed by atoms with Crippen LogP contribution in [0.2, 0.25) is 0 Å². The maximum Gasteiger partial charge on any atom is 0.314 e. The lowest BCUT2D eigenvalue weighted by Crippen LogP contribution is -2.16. The van der Waals surface area contributed by atoms with Crippen molar-refractivity contribution in [2.75, 3.05) is 11.6 Å². The molecule has 11 heteroatoms. The largest absolute Gasteiger partial charge is 0.360 e. The molecular weight excluding hydrogens is 308 g/mol. The van der Waals surface area contributed by atoms with Crippen molar-refractivity contribution < 1.29 is 25.6 Å². The summed E-state index contributed by atoms with van der Waals surface area (Å²) in [7, 11) is -8.57. The highest BCUT2D eigenvalue weighted by Gasteiger charge is 2.20. The van der Waals surface area contributed by atoms with Crippen LogP contribution in [0.3, 0.4) is 0 Å². The zero-order chi connectivity index (χ0) is 14.0. The van der Waals surface area contributed by atoms with Crippen LogP contribution in [0, 0.1) is 6.92 Å². The Balaban J connectivity index is 3.15.